The quantitative estimate of drug-likeness (QED) is 0.740. The molecule has 0 unspecified atom stereocenters. The standard InChI is InChI=1S/C15H14BrN3O/c1-2-19-14-6-4-3-5-12(14)13(17-19)10-18-9-11(16)7-8-15(18)20/h3-9H,2,10H2,1H3. The van der Waals surface area contributed by atoms with Crippen molar-refractivity contribution < 1.29 is 0 Å². The summed E-state index contributed by atoms with van der Waals surface area (Å²) in [5.41, 5.74) is 2.00. The zero-order chi connectivity index (χ0) is 14.1. The largest absolute Gasteiger partial charge is 0.308 e. The molecule has 0 amide bonds. The lowest BCUT2D eigenvalue weighted by Gasteiger charge is -2.03. The normalized spacial score (nSPS) is 11.1. The third kappa shape index (κ3) is 2.29. The van der Waals surface area contributed by atoms with E-state index in [4.69, 9.17) is 0 Å². The molecular formula is C15H14BrN3O. The maximum absolute atomic E-state index is 11.9. The van der Waals surface area contributed by atoms with E-state index in [1.165, 1.54) is 0 Å². The molecule has 102 valence electrons. The van der Waals surface area contributed by atoms with Crippen molar-refractivity contribution in [2.45, 2.75) is 20.0 Å². The van der Waals surface area contributed by atoms with Gasteiger partial charge in [-0.05, 0) is 35.0 Å². The lowest BCUT2D eigenvalue weighted by Crippen LogP contribution is -2.19. The van der Waals surface area contributed by atoms with Crippen LogP contribution >= 0.6 is 15.9 Å². The van der Waals surface area contributed by atoms with Crippen LogP contribution in [0.4, 0.5) is 0 Å². The number of benzene rings is 1. The molecule has 0 saturated heterocycles. The van der Waals surface area contributed by atoms with Crippen LogP contribution in [0.2, 0.25) is 0 Å². The highest BCUT2D eigenvalue weighted by Crippen LogP contribution is 2.19. The van der Waals surface area contributed by atoms with Crippen LogP contribution in [0.25, 0.3) is 10.9 Å². The van der Waals surface area contributed by atoms with Crippen LogP contribution in [0.5, 0.6) is 0 Å². The summed E-state index contributed by atoms with van der Waals surface area (Å²) in [5.74, 6) is 0. The summed E-state index contributed by atoms with van der Waals surface area (Å²) in [6, 6.07) is 11.4. The van der Waals surface area contributed by atoms with E-state index in [1.54, 1.807) is 22.9 Å². The van der Waals surface area contributed by atoms with Crippen molar-refractivity contribution in [3.8, 4) is 0 Å². The third-order valence-corrected chi connectivity index (χ3v) is 3.77. The average molecular weight is 332 g/mol. The molecule has 5 heteroatoms. The average Bonchev–Trinajstić information content (AvgIpc) is 2.81. The molecule has 0 spiro atoms. The lowest BCUT2D eigenvalue weighted by atomic mass is 10.2. The molecule has 0 saturated carbocycles. The summed E-state index contributed by atoms with van der Waals surface area (Å²) >= 11 is 3.39. The minimum absolute atomic E-state index is 0.0247. The molecule has 0 radical (unpaired) electrons. The Balaban J connectivity index is 2.11. The zero-order valence-corrected chi connectivity index (χ0v) is 12.7. The monoisotopic (exact) mass is 331 g/mol. The number of aryl methyl sites for hydroxylation is 1. The maximum atomic E-state index is 11.9. The van der Waals surface area contributed by atoms with Crippen molar-refractivity contribution in [2.24, 2.45) is 0 Å². The highest BCUT2D eigenvalue weighted by Gasteiger charge is 2.10. The highest BCUT2D eigenvalue weighted by molar-refractivity contribution is 9.10. The summed E-state index contributed by atoms with van der Waals surface area (Å²) in [6.07, 6.45) is 1.79. The molecule has 0 fully saturated rings. The molecule has 2 heterocycles. The van der Waals surface area contributed by atoms with Gasteiger partial charge in [0.25, 0.3) is 5.56 Å². The molecule has 0 aliphatic carbocycles. The number of nitrogens with zero attached hydrogens (tertiary/aromatic N) is 3. The number of aromatic nitrogens is 3. The first-order chi connectivity index (χ1) is 9.69. The fourth-order valence-corrected chi connectivity index (χ4v) is 2.72. The Morgan fingerprint density at radius 2 is 2.00 bits per heavy atom. The number of para-hydroxylation sites is 1. The first-order valence-electron chi connectivity index (χ1n) is 6.49. The molecule has 0 N–H and O–H groups in total. The van der Waals surface area contributed by atoms with Gasteiger partial charge in [0, 0.05) is 28.7 Å². The van der Waals surface area contributed by atoms with Gasteiger partial charge in [0.05, 0.1) is 17.8 Å². The highest BCUT2D eigenvalue weighted by atomic mass is 79.9. The van der Waals surface area contributed by atoms with Gasteiger partial charge in [-0.15, -0.1) is 0 Å². The molecule has 0 aliphatic rings. The second-order valence-corrected chi connectivity index (χ2v) is 5.51. The summed E-state index contributed by atoms with van der Waals surface area (Å²) in [7, 11) is 0. The van der Waals surface area contributed by atoms with Gasteiger partial charge < -0.3 is 4.57 Å². The van der Waals surface area contributed by atoms with Crippen LogP contribution in [-0.4, -0.2) is 14.3 Å². The van der Waals surface area contributed by atoms with Crippen LogP contribution < -0.4 is 5.56 Å². The van der Waals surface area contributed by atoms with Crippen LogP contribution in [-0.2, 0) is 13.1 Å². The lowest BCUT2D eigenvalue weighted by molar-refractivity contribution is 0.647. The van der Waals surface area contributed by atoms with E-state index >= 15 is 0 Å². The number of hydrogen-bond acceptors (Lipinski definition) is 2. The molecular weight excluding hydrogens is 318 g/mol. The molecule has 4 nitrogen and oxygen atoms in total. The van der Waals surface area contributed by atoms with Gasteiger partial charge in [0.15, 0.2) is 0 Å². The van der Waals surface area contributed by atoms with E-state index in [-0.39, 0.29) is 5.56 Å². The summed E-state index contributed by atoms with van der Waals surface area (Å²) in [4.78, 5) is 11.9. The molecule has 0 atom stereocenters. The Labute approximate surface area is 124 Å². The number of hydrogen-bond donors (Lipinski definition) is 0. The SMILES string of the molecule is CCn1nc(Cn2cc(Br)ccc2=O)c2ccccc21. The zero-order valence-electron chi connectivity index (χ0n) is 11.1. The number of fused-ring (bicyclic) bond motifs is 1. The van der Waals surface area contributed by atoms with Gasteiger partial charge in [0.2, 0.25) is 0 Å². The van der Waals surface area contributed by atoms with E-state index in [2.05, 4.69) is 34.0 Å². The second-order valence-electron chi connectivity index (χ2n) is 4.59. The van der Waals surface area contributed by atoms with Gasteiger partial charge in [-0.1, -0.05) is 18.2 Å². The number of pyridine rings is 1. The first-order valence-corrected chi connectivity index (χ1v) is 7.28. The smallest absolute Gasteiger partial charge is 0.250 e. The molecule has 1 aromatic carbocycles. The van der Waals surface area contributed by atoms with Crippen molar-refractivity contribution in [3.05, 3.63) is 63.1 Å². The Bertz CT molecular complexity index is 819. The fraction of sp³-hybridized carbons (Fsp3) is 0.200. The van der Waals surface area contributed by atoms with E-state index in [1.807, 2.05) is 22.9 Å². The van der Waals surface area contributed by atoms with Crippen molar-refractivity contribution >= 4 is 26.8 Å². The molecule has 3 aromatic rings. The van der Waals surface area contributed by atoms with Crippen molar-refractivity contribution in [1.29, 1.82) is 0 Å². The predicted octanol–water partition coefficient (Wildman–Crippen LogP) is 3.03. The van der Waals surface area contributed by atoms with Crippen LogP contribution in [0.3, 0.4) is 0 Å². The van der Waals surface area contributed by atoms with Gasteiger partial charge in [-0.2, -0.15) is 5.10 Å². The summed E-state index contributed by atoms with van der Waals surface area (Å²) in [5, 5.41) is 5.71. The van der Waals surface area contributed by atoms with Crippen molar-refractivity contribution in [2.75, 3.05) is 0 Å². The van der Waals surface area contributed by atoms with Crippen molar-refractivity contribution in [3.63, 3.8) is 0 Å². The number of rotatable bonds is 3. The molecule has 0 bridgehead atoms. The summed E-state index contributed by atoms with van der Waals surface area (Å²) < 4.78 is 4.52. The first kappa shape index (κ1) is 13.1. The molecule has 0 aliphatic heterocycles. The third-order valence-electron chi connectivity index (χ3n) is 3.30. The van der Waals surface area contributed by atoms with E-state index in [0.29, 0.717) is 6.54 Å². The van der Waals surface area contributed by atoms with Crippen LogP contribution in [0.1, 0.15) is 12.6 Å². The minimum Gasteiger partial charge on any atom is -0.308 e. The molecule has 3 rings (SSSR count). The van der Waals surface area contributed by atoms with E-state index < -0.39 is 0 Å². The second kappa shape index (κ2) is 5.25. The fourth-order valence-electron chi connectivity index (χ4n) is 2.34. The van der Waals surface area contributed by atoms with Gasteiger partial charge in [-0.3, -0.25) is 9.48 Å². The maximum Gasteiger partial charge on any atom is 0.250 e. The Morgan fingerprint density at radius 3 is 2.80 bits per heavy atom. The molecule has 20 heavy (non-hydrogen) atoms. The van der Waals surface area contributed by atoms with E-state index in [0.717, 1.165) is 27.6 Å². The van der Waals surface area contributed by atoms with Gasteiger partial charge in [-0.25, -0.2) is 0 Å². The topological polar surface area (TPSA) is 39.8 Å². The minimum atomic E-state index is -0.0247. The Hall–Kier alpha value is -1.88. The van der Waals surface area contributed by atoms with Gasteiger partial charge in [0.1, 0.15) is 0 Å². The summed E-state index contributed by atoms with van der Waals surface area (Å²) in [6.45, 7) is 3.36. The van der Waals surface area contributed by atoms with E-state index in [9.17, 15) is 4.79 Å². The number of halogens is 1. The van der Waals surface area contributed by atoms with Crippen LogP contribution in [0.15, 0.2) is 51.9 Å². The van der Waals surface area contributed by atoms with Gasteiger partial charge >= 0.3 is 0 Å². The Morgan fingerprint density at radius 1 is 1.20 bits per heavy atom. The van der Waals surface area contributed by atoms with Crippen molar-refractivity contribution in [1.82, 2.24) is 14.3 Å². The molecule has 2 aromatic heterocycles. The Kier molecular flexibility index (Phi) is 3.44. The van der Waals surface area contributed by atoms with Crippen LogP contribution in [0, 0.1) is 0 Å². The predicted molar refractivity (Wildman–Crippen MR) is 82.9 cm³/mol.